The van der Waals surface area contributed by atoms with E-state index in [1.54, 1.807) is 13.8 Å². The molecule has 1 N–H and O–H groups in total. The molecule has 2 saturated heterocycles. The first-order valence-electron chi connectivity index (χ1n) is 9.93. The van der Waals surface area contributed by atoms with Gasteiger partial charge in [-0.2, -0.15) is 0 Å². The second-order valence-electron chi connectivity index (χ2n) is 7.32. The summed E-state index contributed by atoms with van der Waals surface area (Å²) in [6, 6.07) is 9.66. The third-order valence-corrected chi connectivity index (χ3v) is 5.72. The lowest BCUT2D eigenvalue weighted by molar-refractivity contribution is -0.137. The Balaban J connectivity index is 1.43. The molecule has 9 nitrogen and oxygen atoms in total. The molecule has 3 amide bonds. The number of hydrogen-bond acceptors (Lipinski definition) is 6. The minimum absolute atomic E-state index is 0.0191. The van der Waals surface area contributed by atoms with Crippen LogP contribution in [0.3, 0.4) is 0 Å². The minimum Gasteiger partial charge on any atom is -0.449 e. The van der Waals surface area contributed by atoms with Crippen molar-refractivity contribution in [1.82, 2.24) is 15.3 Å². The van der Waals surface area contributed by atoms with Crippen LogP contribution in [-0.4, -0.2) is 60.4 Å². The monoisotopic (exact) mass is 403 g/mol. The molecule has 3 fully saturated rings. The van der Waals surface area contributed by atoms with E-state index in [2.05, 4.69) is 5.43 Å². The summed E-state index contributed by atoms with van der Waals surface area (Å²) < 4.78 is 15.8. The highest BCUT2D eigenvalue weighted by Crippen LogP contribution is 2.60. The van der Waals surface area contributed by atoms with Crippen molar-refractivity contribution in [2.45, 2.75) is 26.1 Å². The molecule has 2 aliphatic heterocycles. The number of fused-ring (bicyclic) bond motifs is 3. The maximum Gasteiger partial charge on any atom is 0.428 e. The molecule has 0 radical (unpaired) electrons. The van der Waals surface area contributed by atoms with Crippen molar-refractivity contribution in [2.24, 2.45) is 17.8 Å². The van der Waals surface area contributed by atoms with Crippen LogP contribution in [0.2, 0.25) is 0 Å². The number of carbonyl (C=O) groups excluding carboxylic acids is 3. The number of ether oxygens (including phenoxy) is 3. The Morgan fingerprint density at radius 3 is 2.62 bits per heavy atom. The van der Waals surface area contributed by atoms with Gasteiger partial charge in [0, 0.05) is 18.0 Å². The van der Waals surface area contributed by atoms with Crippen LogP contribution in [0.15, 0.2) is 30.3 Å². The molecule has 1 aromatic carbocycles. The molecule has 156 valence electrons. The van der Waals surface area contributed by atoms with Gasteiger partial charge in [0.25, 0.3) is 0 Å². The molecule has 3 aliphatic rings. The maximum atomic E-state index is 13.0. The summed E-state index contributed by atoms with van der Waals surface area (Å²) in [6.45, 7) is 4.39. The van der Waals surface area contributed by atoms with Crippen molar-refractivity contribution in [2.75, 3.05) is 26.4 Å². The summed E-state index contributed by atoms with van der Waals surface area (Å²) in [6.07, 6.45) is -1.76. The van der Waals surface area contributed by atoms with Gasteiger partial charge in [0.05, 0.1) is 25.9 Å². The van der Waals surface area contributed by atoms with Gasteiger partial charge in [-0.05, 0) is 25.7 Å². The normalized spacial score (nSPS) is 29.1. The summed E-state index contributed by atoms with van der Waals surface area (Å²) in [5.74, 6) is -0.0855. The predicted molar refractivity (Wildman–Crippen MR) is 100 cm³/mol. The van der Waals surface area contributed by atoms with Crippen molar-refractivity contribution in [3.63, 3.8) is 0 Å². The van der Waals surface area contributed by atoms with Crippen molar-refractivity contribution in [3.05, 3.63) is 35.9 Å². The average molecular weight is 403 g/mol. The van der Waals surface area contributed by atoms with Gasteiger partial charge >= 0.3 is 12.2 Å². The van der Waals surface area contributed by atoms with E-state index in [1.807, 2.05) is 35.2 Å². The van der Waals surface area contributed by atoms with E-state index < -0.39 is 12.2 Å². The van der Waals surface area contributed by atoms with Gasteiger partial charge in [0.1, 0.15) is 0 Å². The highest BCUT2D eigenvalue weighted by Gasteiger charge is 2.69. The standard InChI is InChI=1S/C20H25N3O6/c1-3-27-19(25)21-22(20(26)28-4-2)10-13-15-14-11-29-18(12-8-6-5-7-9-12)23(14)17(24)16(13)15/h5-9,13-16,18H,3-4,10-11H2,1-2H3,(H,21,25)/t13-,14+,15+,16+,18+/m0/s1. The van der Waals surface area contributed by atoms with Crippen LogP contribution in [0.4, 0.5) is 9.59 Å². The van der Waals surface area contributed by atoms with E-state index in [0.717, 1.165) is 10.6 Å². The van der Waals surface area contributed by atoms with E-state index in [9.17, 15) is 14.4 Å². The Morgan fingerprint density at radius 2 is 1.93 bits per heavy atom. The molecular formula is C20H25N3O6. The Morgan fingerprint density at radius 1 is 1.21 bits per heavy atom. The molecule has 0 spiro atoms. The first-order valence-corrected chi connectivity index (χ1v) is 9.93. The predicted octanol–water partition coefficient (Wildman–Crippen LogP) is 1.91. The topological polar surface area (TPSA) is 97.4 Å². The zero-order valence-electron chi connectivity index (χ0n) is 16.4. The molecule has 9 heteroatoms. The van der Waals surface area contributed by atoms with Gasteiger partial charge in [-0.1, -0.05) is 30.3 Å². The van der Waals surface area contributed by atoms with Crippen LogP contribution < -0.4 is 5.43 Å². The molecule has 1 aromatic rings. The molecule has 2 heterocycles. The third kappa shape index (κ3) is 3.50. The molecule has 0 bridgehead atoms. The second kappa shape index (κ2) is 7.90. The Kier molecular flexibility index (Phi) is 5.31. The maximum absolute atomic E-state index is 13.0. The quantitative estimate of drug-likeness (QED) is 0.755. The fourth-order valence-corrected chi connectivity index (χ4v) is 4.51. The zero-order chi connectivity index (χ0) is 20.5. The molecule has 4 rings (SSSR count). The second-order valence-corrected chi connectivity index (χ2v) is 7.32. The van der Waals surface area contributed by atoms with Crippen LogP contribution in [0, 0.1) is 17.8 Å². The van der Waals surface area contributed by atoms with Gasteiger partial charge in [0.15, 0.2) is 6.23 Å². The first-order chi connectivity index (χ1) is 14.1. The highest BCUT2D eigenvalue weighted by molar-refractivity contribution is 5.87. The summed E-state index contributed by atoms with van der Waals surface area (Å²) in [5.41, 5.74) is 3.37. The van der Waals surface area contributed by atoms with Crippen LogP contribution >= 0.6 is 0 Å². The van der Waals surface area contributed by atoms with Crippen molar-refractivity contribution in [3.8, 4) is 0 Å². The number of hydrogen-bond donors (Lipinski definition) is 1. The molecule has 1 saturated carbocycles. The third-order valence-electron chi connectivity index (χ3n) is 5.72. The summed E-state index contributed by atoms with van der Waals surface area (Å²) in [7, 11) is 0. The van der Waals surface area contributed by atoms with Gasteiger partial charge < -0.3 is 19.1 Å². The molecule has 0 unspecified atom stereocenters. The van der Waals surface area contributed by atoms with Crippen molar-refractivity contribution in [1.29, 1.82) is 0 Å². The van der Waals surface area contributed by atoms with Crippen LogP contribution in [0.1, 0.15) is 25.6 Å². The van der Waals surface area contributed by atoms with Crippen LogP contribution in [-0.2, 0) is 19.0 Å². The van der Waals surface area contributed by atoms with Gasteiger partial charge in [-0.25, -0.2) is 20.0 Å². The fraction of sp³-hybridized carbons (Fsp3) is 0.550. The smallest absolute Gasteiger partial charge is 0.428 e. The Bertz CT molecular complexity index is 788. The van der Waals surface area contributed by atoms with Gasteiger partial charge in [-0.15, -0.1) is 0 Å². The fourth-order valence-electron chi connectivity index (χ4n) is 4.51. The van der Waals surface area contributed by atoms with E-state index >= 15 is 0 Å². The number of amides is 3. The van der Waals surface area contributed by atoms with Gasteiger partial charge in [0.2, 0.25) is 5.91 Å². The summed E-state index contributed by atoms with van der Waals surface area (Å²) in [5, 5.41) is 1.10. The number of benzene rings is 1. The summed E-state index contributed by atoms with van der Waals surface area (Å²) in [4.78, 5) is 38.9. The SMILES string of the molecule is CCOC(=O)NN(C[C@@H]1[C@H]2C(=O)N3[C@@H](c4ccccc4)OC[C@@H]3[C@@H]12)C(=O)OCC. The lowest BCUT2D eigenvalue weighted by Crippen LogP contribution is -2.49. The van der Waals surface area contributed by atoms with Crippen molar-refractivity contribution < 1.29 is 28.6 Å². The molecule has 5 atom stereocenters. The largest absolute Gasteiger partial charge is 0.449 e. The number of piperidine rings is 1. The minimum atomic E-state index is -0.729. The molecule has 29 heavy (non-hydrogen) atoms. The lowest BCUT2D eigenvalue weighted by Gasteiger charge is -2.27. The zero-order valence-corrected chi connectivity index (χ0v) is 16.4. The van der Waals surface area contributed by atoms with E-state index in [1.165, 1.54) is 0 Å². The van der Waals surface area contributed by atoms with E-state index in [-0.39, 0.29) is 55.7 Å². The number of rotatable bonds is 5. The number of nitrogens with zero attached hydrogens (tertiary/aromatic N) is 2. The molecule has 1 aliphatic carbocycles. The average Bonchev–Trinajstić information content (AvgIpc) is 3.10. The number of hydrazine groups is 1. The van der Waals surface area contributed by atoms with Crippen LogP contribution in [0.5, 0.6) is 0 Å². The van der Waals surface area contributed by atoms with E-state index in [4.69, 9.17) is 14.2 Å². The Labute approximate surface area is 168 Å². The molecule has 0 aromatic heterocycles. The summed E-state index contributed by atoms with van der Waals surface area (Å²) >= 11 is 0. The highest BCUT2D eigenvalue weighted by atomic mass is 16.6. The van der Waals surface area contributed by atoms with Crippen molar-refractivity contribution >= 4 is 18.1 Å². The van der Waals surface area contributed by atoms with E-state index in [0.29, 0.717) is 6.61 Å². The number of nitrogens with one attached hydrogen (secondary N) is 1. The first kappa shape index (κ1) is 19.5. The lowest BCUT2D eigenvalue weighted by atomic mass is 10.1. The molecular weight excluding hydrogens is 378 g/mol. The number of carbonyl (C=O) groups is 3. The van der Waals surface area contributed by atoms with Gasteiger partial charge in [-0.3, -0.25) is 4.79 Å². The Hall–Kier alpha value is -2.81. The van der Waals surface area contributed by atoms with Crippen LogP contribution in [0.25, 0.3) is 0 Å².